The quantitative estimate of drug-likeness (QED) is 0.664. The summed E-state index contributed by atoms with van der Waals surface area (Å²) in [6, 6.07) is 2.43. The van der Waals surface area contributed by atoms with Crippen molar-refractivity contribution in [3.05, 3.63) is 23.3 Å². The predicted molar refractivity (Wildman–Crippen MR) is 64.5 cm³/mol. The van der Waals surface area contributed by atoms with Crippen LogP contribution >= 0.6 is 10.7 Å². The molecule has 0 bridgehead atoms. The van der Waals surface area contributed by atoms with Gasteiger partial charge in [-0.3, -0.25) is 0 Å². The van der Waals surface area contributed by atoms with Crippen LogP contribution in [-0.2, 0) is 19.5 Å². The maximum Gasteiger partial charge on any atom is 0.337 e. The molecule has 0 fully saturated rings. The SMILES string of the molecule is COC(=O)c1cc(CS(=O)(=O)Cl)c(O)c(OC)c1. The number of aromatic hydroxyl groups is 1. The maximum atomic E-state index is 11.4. The van der Waals surface area contributed by atoms with Gasteiger partial charge in [0.25, 0.3) is 0 Å². The molecule has 100 valence electrons. The zero-order valence-electron chi connectivity index (χ0n) is 9.64. The first kappa shape index (κ1) is 14.6. The lowest BCUT2D eigenvalue weighted by atomic mass is 10.1. The number of phenolic OH excluding ortho intramolecular Hbond substituents is 1. The summed E-state index contributed by atoms with van der Waals surface area (Å²) in [5.74, 6) is -1.72. The van der Waals surface area contributed by atoms with Crippen molar-refractivity contribution in [2.24, 2.45) is 0 Å². The predicted octanol–water partition coefficient (Wildman–Crippen LogP) is 1.26. The summed E-state index contributed by atoms with van der Waals surface area (Å²) >= 11 is 0. The Kier molecular flexibility index (Phi) is 4.42. The molecule has 0 aliphatic rings. The molecule has 0 saturated heterocycles. The van der Waals surface area contributed by atoms with Gasteiger partial charge in [0.15, 0.2) is 11.5 Å². The van der Waals surface area contributed by atoms with Crippen molar-refractivity contribution < 1.29 is 27.8 Å². The zero-order chi connectivity index (χ0) is 13.9. The van der Waals surface area contributed by atoms with E-state index in [4.69, 9.17) is 15.4 Å². The summed E-state index contributed by atoms with van der Waals surface area (Å²) in [5.41, 5.74) is 0.0206. The first-order valence-corrected chi connectivity index (χ1v) is 7.17. The molecule has 1 aromatic carbocycles. The number of esters is 1. The summed E-state index contributed by atoms with van der Waals surface area (Å²) in [5, 5.41) is 9.73. The number of phenols is 1. The van der Waals surface area contributed by atoms with Gasteiger partial charge in [0.05, 0.1) is 25.5 Å². The fraction of sp³-hybridized carbons (Fsp3) is 0.300. The second kappa shape index (κ2) is 5.45. The second-order valence-corrected chi connectivity index (χ2v) is 6.14. The van der Waals surface area contributed by atoms with Crippen LogP contribution in [0.25, 0.3) is 0 Å². The number of hydrogen-bond acceptors (Lipinski definition) is 6. The smallest absolute Gasteiger partial charge is 0.337 e. The first-order chi connectivity index (χ1) is 8.28. The summed E-state index contributed by atoms with van der Waals surface area (Å²) in [4.78, 5) is 11.4. The fourth-order valence-corrected chi connectivity index (χ4v) is 2.30. The van der Waals surface area contributed by atoms with E-state index >= 15 is 0 Å². The van der Waals surface area contributed by atoms with Crippen molar-refractivity contribution in [2.45, 2.75) is 5.75 Å². The van der Waals surface area contributed by atoms with Gasteiger partial charge in [-0.25, -0.2) is 13.2 Å². The van der Waals surface area contributed by atoms with E-state index in [1.165, 1.54) is 26.4 Å². The van der Waals surface area contributed by atoms with Gasteiger partial charge < -0.3 is 14.6 Å². The molecular weight excluding hydrogens is 284 g/mol. The molecule has 0 heterocycles. The number of ether oxygens (including phenoxy) is 2. The maximum absolute atomic E-state index is 11.4. The molecule has 0 aliphatic carbocycles. The third kappa shape index (κ3) is 3.51. The van der Waals surface area contributed by atoms with Crippen LogP contribution in [-0.4, -0.2) is 33.7 Å². The van der Waals surface area contributed by atoms with Gasteiger partial charge in [-0.05, 0) is 12.1 Å². The van der Waals surface area contributed by atoms with Crippen LogP contribution in [0.1, 0.15) is 15.9 Å². The van der Waals surface area contributed by atoms with Gasteiger partial charge in [0.2, 0.25) is 9.05 Å². The number of benzene rings is 1. The Bertz CT molecular complexity index is 566. The van der Waals surface area contributed by atoms with Gasteiger partial charge in [-0.1, -0.05) is 0 Å². The highest BCUT2D eigenvalue weighted by Crippen LogP contribution is 2.33. The lowest BCUT2D eigenvalue weighted by Gasteiger charge is -2.10. The largest absolute Gasteiger partial charge is 0.504 e. The Labute approximate surface area is 109 Å². The van der Waals surface area contributed by atoms with E-state index < -0.39 is 20.8 Å². The van der Waals surface area contributed by atoms with Crippen LogP contribution in [0.4, 0.5) is 0 Å². The number of methoxy groups -OCH3 is 2. The highest BCUT2D eigenvalue weighted by Gasteiger charge is 2.19. The van der Waals surface area contributed by atoms with E-state index in [1.807, 2.05) is 0 Å². The number of carbonyl (C=O) groups is 1. The Morgan fingerprint density at radius 3 is 2.44 bits per heavy atom. The average Bonchev–Trinajstić information content (AvgIpc) is 2.29. The number of halogens is 1. The highest BCUT2D eigenvalue weighted by atomic mass is 35.7. The molecular formula is C10H11ClO6S. The molecule has 6 nitrogen and oxygen atoms in total. The van der Waals surface area contributed by atoms with Crippen LogP contribution < -0.4 is 4.74 Å². The van der Waals surface area contributed by atoms with Gasteiger partial charge >= 0.3 is 5.97 Å². The average molecular weight is 295 g/mol. The Balaban J connectivity index is 3.36. The molecule has 0 aromatic heterocycles. The van der Waals surface area contributed by atoms with E-state index in [0.717, 1.165) is 0 Å². The molecule has 0 unspecified atom stereocenters. The molecule has 1 rings (SSSR count). The van der Waals surface area contributed by atoms with E-state index in [1.54, 1.807) is 0 Å². The summed E-state index contributed by atoms with van der Waals surface area (Å²) in [6.07, 6.45) is 0. The van der Waals surface area contributed by atoms with Gasteiger partial charge in [-0.15, -0.1) is 0 Å². The fourth-order valence-electron chi connectivity index (χ4n) is 1.35. The highest BCUT2D eigenvalue weighted by molar-refractivity contribution is 8.13. The van der Waals surface area contributed by atoms with Gasteiger partial charge in [0, 0.05) is 16.2 Å². The topological polar surface area (TPSA) is 89.9 Å². The minimum atomic E-state index is -3.87. The van der Waals surface area contributed by atoms with Crippen molar-refractivity contribution in [1.82, 2.24) is 0 Å². The van der Waals surface area contributed by atoms with E-state index in [2.05, 4.69) is 4.74 Å². The number of rotatable bonds is 4. The molecule has 0 saturated carbocycles. The third-order valence-electron chi connectivity index (χ3n) is 2.12. The van der Waals surface area contributed by atoms with Crippen molar-refractivity contribution in [2.75, 3.05) is 14.2 Å². The summed E-state index contributed by atoms with van der Waals surface area (Å²) < 4.78 is 31.3. The number of carbonyl (C=O) groups excluding carboxylic acids is 1. The van der Waals surface area contributed by atoms with Crippen LogP contribution in [0, 0.1) is 0 Å². The molecule has 0 aliphatic heterocycles. The first-order valence-electron chi connectivity index (χ1n) is 4.69. The minimum Gasteiger partial charge on any atom is -0.504 e. The Morgan fingerprint density at radius 2 is 2.00 bits per heavy atom. The van der Waals surface area contributed by atoms with Crippen molar-refractivity contribution >= 4 is 25.7 Å². The third-order valence-corrected chi connectivity index (χ3v) is 3.11. The molecule has 0 spiro atoms. The number of hydrogen-bond donors (Lipinski definition) is 1. The lowest BCUT2D eigenvalue weighted by Crippen LogP contribution is -2.05. The van der Waals surface area contributed by atoms with Gasteiger partial charge in [-0.2, -0.15) is 0 Å². The Hall–Kier alpha value is -1.47. The van der Waals surface area contributed by atoms with Gasteiger partial charge in [0.1, 0.15) is 0 Å². The molecule has 0 amide bonds. The standard InChI is InChI=1S/C10H11ClO6S/c1-16-8-4-6(10(13)17-2)3-7(9(8)12)5-18(11,14)15/h3-4,12H,5H2,1-2H3. The zero-order valence-corrected chi connectivity index (χ0v) is 11.2. The summed E-state index contributed by atoms with van der Waals surface area (Å²) in [7, 11) is 3.69. The molecule has 0 atom stereocenters. The van der Waals surface area contributed by atoms with E-state index in [9.17, 15) is 18.3 Å². The lowest BCUT2D eigenvalue weighted by molar-refractivity contribution is 0.0600. The monoisotopic (exact) mass is 294 g/mol. The van der Waals surface area contributed by atoms with E-state index in [-0.39, 0.29) is 22.6 Å². The van der Waals surface area contributed by atoms with Crippen molar-refractivity contribution in [3.63, 3.8) is 0 Å². The van der Waals surface area contributed by atoms with Crippen LogP contribution in [0.3, 0.4) is 0 Å². The minimum absolute atomic E-state index is 0.0341. The molecule has 1 N–H and O–H groups in total. The van der Waals surface area contributed by atoms with Crippen LogP contribution in [0.2, 0.25) is 0 Å². The molecule has 1 aromatic rings. The van der Waals surface area contributed by atoms with E-state index in [0.29, 0.717) is 0 Å². The molecule has 8 heteroatoms. The molecule has 18 heavy (non-hydrogen) atoms. The summed E-state index contributed by atoms with van der Waals surface area (Å²) in [6.45, 7) is 0. The van der Waals surface area contributed by atoms with Crippen LogP contribution in [0.5, 0.6) is 11.5 Å². The Morgan fingerprint density at radius 1 is 1.39 bits per heavy atom. The second-order valence-electron chi connectivity index (χ2n) is 3.36. The normalized spacial score (nSPS) is 11.1. The van der Waals surface area contributed by atoms with Crippen molar-refractivity contribution in [3.8, 4) is 11.5 Å². The van der Waals surface area contributed by atoms with Crippen LogP contribution in [0.15, 0.2) is 12.1 Å². The molecule has 0 radical (unpaired) electrons. The van der Waals surface area contributed by atoms with Crippen molar-refractivity contribution in [1.29, 1.82) is 0 Å².